The van der Waals surface area contributed by atoms with Crippen molar-refractivity contribution >= 4 is 17.8 Å². The Labute approximate surface area is 146 Å². The topological polar surface area (TPSA) is 72.8 Å². The molecule has 0 radical (unpaired) electrons. The van der Waals surface area contributed by atoms with Gasteiger partial charge in [0.25, 0.3) is 0 Å². The fourth-order valence-corrected chi connectivity index (χ4v) is 2.12. The predicted octanol–water partition coefficient (Wildman–Crippen LogP) is 3.83. The SMILES string of the molecule is CCOc1ccccc1/C=C/C(=O)c1ccc(O[C@@H](C)C(=O)O)cc1. The van der Waals surface area contributed by atoms with Crippen LogP contribution in [0, 0.1) is 0 Å². The normalized spacial score (nSPS) is 11.9. The molecule has 2 aromatic carbocycles. The highest BCUT2D eigenvalue weighted by Crippen LogP contribution is 2.20. The van der Waals surface area contributed by atoms with Crippen LogP contribution in [0.5, 0.6) is 11.5 Å². The van der Waals surface area contributed by atoms with Gasteiger partial charge in [-0.3, -0.25) is 4.79 Å². The number of hydrogen-bond donors (Lipinski definition) is 1. The number of carboxylic acid groups (broad SMARTS) is 1. The van der Waals surface area contributed by atoms with Gasteiger partial charge in [-0.1, -0.05) is 18.2 Å². The number of rotatable bonds is 8. The monoisotopic (exact) mass is 340 g/mol. The van der Waals surface area contributed by atoms with Crippen LogP contribution in [0.25, 0.3) is 6.08 Å². The second-order valence-corrected chi connectivity index (χ2v) is 5.29. The number of allylic oxidation sites excluding steroid dienone is 1. The predicted molar refractivity (Wildman–Crippen MR) is 95.1 cm³/mol. The van der Waals surface area contributed by atoms with Crippen LogP contribution in [-0.4, -0.2) is 29.6 Å². The molecule has 5 nitrogen and oxygen atoms in total. The van der Waals surface area contributed by atoms with E-state index in [1.165, 1.54) is 13.0 Å². The van der Waals surface area contributed by atoms with Crippen LogP contribution in [-0.2, 0) is 4.79 Å². The highest BCUT2D eigenvalue weighted by Gasteiger charge is 2.12. The van der Waals surface area contributed by atoms with Gasteiger partial charge in [0.05, 0.1) is 6.61 Å². The Morgan fingerprint density at radius 1 is 1.12 bits per heavy atom. The van der Waals surface area contributed by atoms with Crippen molar-refractivity contribution in [1.82, 2.24) is 0 Å². The van der Waals surface area contributed by atoms with Crippen molar-refractivity contribution in [3.8, 4) is 11.5 Å². The number of para-hydroxylation sites is 1. The van der Waals surface area contributed by atoms with E-state index in [4.69, 9.17) is 14.6 Å². The second kappa shape index (κ2) is 8.68. The van der Waals surface area contributed by atoms with E-state index in [-0.39, 0.29) is 5.78 Å². The molecule has 0 bridgehead atoms. The number of benzene rings is 2. The summed E-state index contributed by atoms with van der Waals surface area (Å²) in [7, 11) is 0. The van der Waals surface area contributed by atoms with Crippen LogP contribution in [0.3, 0.4) is 0 Å². The zero-order chi connectivity index (χ0) is 18.2. The molecule has 0 heterocycles. The van der Waals surface area contributed by atoms with Gasteiger partial charge in [0, 0.05) is 11.1 Å². The van der Waals surface area contributed by atoms with Crippen molar-refractivity contribution in [2.75, 3.05) is 6.61 Å². The Balaban J connectivity index is 2.07. The van der Waals surface area contributed by atoms with Crippen LogP contribution in [0.1, 0.15) is 29.8 Å². The van der Waals surface area contributed by atoms with Gasteiger partial charge in [0.2, 0.25) is 0 Å². The van der Waals surface area contributed by atoms with Gasteiger partial charge in [-0.15, -0.1) is 0 Å². The Hall–Kier alpha value is -3.08. The Morgan fingerprint density at radius 3 is 2.44 bits per heavy atom. The van der Waals surface area contributed by atoms with E-state index in [2.05, 4.69) is 0 Å². The van der Waals surface area contributed by atoms with E-state index in [1.54, 1.807) is 30.3 Å². The molecule has 130 valence electrons. The number of ether oxygens (including phenoxy) is 2. The summed E-state index contributed by atoms with van der Waals surface area (Å²) < 4.78 is 10.8. The smallest absolute Gasteiger partial charge is 0.344 e. The van der Waals surface area contributed by atoms with Crippen molar-refractivity contribution in [3.05, 3.63) is 65.7 Å². The average Bonchev–Trinajstić information content (AvgIpc) is 2.61. The first-order valence-corrected chi connectivity index (χ1v) is 7.95. The summed E-state index contributed by atoms with van der Waals surface area (Å²) in [6, 6.07) is 13.8. The molecule has 2 rings (SSSR count). The lowest BCUT2D eigenvalue weighted by atomic mass is 10.1. The van der Waals surface area contributed by atoms with E-state index in [0.29, 0.717) is 17.9 Å². The van der Waals surface area contributed by atoms with Gasteiger partial charge >= 0.3 is 5.97 Å². The fourth-order valence-electron chi connectivity index (χ4n) is 2.12. The number of aliphatic carboxylic acids is 1. The Bertz CT molecular complexity index is 762. The molecule has 0 aliphatic rings. The molecule has 0 aliphatic heterocycles. The van der Waals surface area contributed by atoms with Gasteiger partial charge in [0.15, 0.2) is 11.9 Å². The molecular formula is C20H20O5. The molecule has 25 heavy (non-hydrogen) atoms. The molecule has 2 aromatic rings. The minimum atomic E-state index is -1.05. The van der Waals surface area contributed by atoms with E-state index >= 15 is 0 Å². The van der Waals surface area contributed by atoms with Gasteiger partial charge in [-0.25, -0.2) is 4.79 Å². The second-order valence-electron chi connectivity index (χ2n) is 5.29. The van der Waals surface area contributed by atoms with Crippen LogP contribution in [0.15, 0.2) is 54.6 Å². The zero-order valence-corrected chi connectivity index (χ0v) is 14.1. The van der Waals surface area contributed by atoms with Gasteiger partial charge in [-0.05, 0) is 56.3 Å². The summed E-state index contributed by atoms with van der Waals surface area (Å²) in [5, 5.41) is 8.83. The highest BCUT2D eigenvalue weighted by molar-refractivity contribution is 6.07. The maximum absolute atomic E-state index is 12.3. The average molecular weight is 340 g/mol. The minimum Gasteiger partial charge on any atom is -0.493 e. The summed E-state index contributed by atoms with van der Waals surface area (Å²) in [5.74, 6) is -0.0854. The molecule has 0 aromatic heterocycles. The summed E-state index contributed by atoms with van der Waals surface area (Å²) in [6.07, 6.45) is 2.24. The van der Waals surface area contributed by atoms with E-state index < -0.39 is 12.1 Å². The molecule has 1 atom stereocenters. The molecule has 0 amide bonds. The van der Waals surface area contributed by atoms with E-state index in [1.807, 2.05) is 31.2 Å². The molecule has 0 fully saturated rings. The Morgan fingerprint density at radius 2 is 1.80 bits per heavy atom. The minimum absolute atomic E-state index is 0.163. The summed E-state index contributed by atoms with van der Waals surface area (Å²) in [5.41, 5.74) is 1.31. The third kappa shape index (κ3) is 5.21. The van der Waals surface area contributed by atoms with Crippen LogP contribution in [0.2, 0.25) is 0 Å². The molecule has 0 unspecified atom stereocenters. The van der Waals surface area contributed by atoms with E-state index in [0.717, 1.165) is 11.3 Å². The lowest BCUT2D eigenvalue weighted by molar-refractivity contribution is -0.144. The zero-order valence-electron chi connectivity index (χ0n) is 14.1. The number of ketones is 1. The first-order chi connectivity index (χ1) is 12.0. The van der Waals surface area contributed by atoms with Crippen molar-refractivity contribution in [3.63, 3.8) is 0 Å². The van der Waals surface area contributed by atoms with Crippen molar-refractivity contribution in [1.29, 1.82) is 0 Å². The summed E-state index contributed by atoms with van der Waals surface area (Å²) in [6.45, 7) is 3.90. The van der Waals surface area contributed by atoms with Crippen molar-refractivity contribution < 1.29 is 24.2 Å². The first kappa shape index (κ1) is 18.3. The Kier molecular flexibility index (Phi) is 6.34. The molecule has 0 saturated heterocycles. The molecular weight excluding hydrogens is 320 g/mol. The largest absolute Gasteiger partial charge is 0.493 e. The number of carbonyl (C=O) groups excluding carboxylic acids is 1. The standard InChI is InChI=1S/C20H20O5/c1-3-24-19-7-5-4-6-16(19)10-13-18(21)15-8-11-17(12-9-15)25-14(2)20(22)23/h4-14H,3H2,1-2H3,(H,22,23)/b13-10+/t14-/m0/s1. The quantitative estimate of drug-likeness (QED) is 0.584. The number of hydrogen-bond acceptors (Lipinski definition) is 4. The van der Waals surface area contributed by atoms with Crippen LogP contribution < -0.4 is 9.47 Å². The van der Waals surface area contributed by atoms with E-state index in [9.17, 15) is 9.59 Å². The summed E-state index contributed by atoms with van der Waals surface area (Å²) in [4.78, 5) is 23.0. The van der Waals surface area contributed by atoms with Gasteiger partial charge in [0.1, 0.15) is 11.5 Å². The lowest BCUT2D eigenvalue weighted by Gasteiger charge is -2.10. The molecule has 0 spiro atoms. The van der Waals surface area contributed by atoms with Crippen molar-refractivity contribution in [2.24, 2.45) is 0 Å². The maximum atomic E-state index is 12.3. The highest BCUT2D eigenvalue weighted by atomic mass is 16.5. The molecule has 0 aliphatic carbocycles. The fraction of sp³-hybridized carbons (Fsp3) is 0.200. The summed E-state index contributed by atoms with van der Waals surface area (Å²) >= 11 is 0. The molecule has 5 heteroatoms. The first-order valence-electron chi connectivity index (χ1n) is 7.95. The molecule has 1 N–H and O–H groups in total. The number of carboxylic acids is 1. The van der Waals surface area contributed by atoms with Gasteiger partial charge in [-0.2, -0.15) is 0 Å². The lowest BCUT2D eigenvalue weighted by Crippen LogP contribution is -2.22. The number of carbonyl (C=O) groups is 2. The van der Waals surface area contributed by atoms with Crippen LogP contribution in [0.4, 0.5) is 0 Å². The third-order valence-corrected chi connectivity index (χ3v) is 3.43. The third-order valence-electron chi connectivity index (χ3n) is 3.43. The van der Waals surface area contributed by atoms with Crippen LogP contribution >= 0.6 is 0 Å². The van der Waals surface area contributed by atoms with Crippen molar-refractivity contribution in [2.45, 2.75) is 20.0 Å². The maximum Gasteiger partial charge on any atom is 0.344 e. The van der Waals surface area contributed by atoms with Gasteiger partial charge < -0.3 is 14.6 Å². The molecule has 0 saturated carbocycles.